The standard InChI is InChI=1S/C11H14SSi.C10H10.2ClH.Zr/c1-12-10-7-8-5-4-6-9(8)11(10)13(2)3;1-8-6-9-4-2-3-5-10(9)7-8;;;/h4-7,13H,1-3H3;2-6H,7H2,1H3;2*1H;/q;;;;+2/p-2. The van der Waals surface area contributed by atoms with E-state index in [0.29, 0.717) is 0 Å². The molecule has 0 spiro atoms. The molecular weight excluding hydrogens is 475 g/mol. The molecule has 26 heavy (non-hydrogen) atoms. The summed E-state index contributed by atoms with van der Waals surface area (Å²) < 4.78 is 0. The Morgan fingerprint density at radius 1 is 1.04 bits per heavy atom. The van der Waals surface area contributed by atoms with Crippen LogP contribution in [0.4, 0.5) is 0 Å². The van der Waals surface area contributed by atoms with Gasteiger partial charge in [0.15, 0.2) is 0 Å². The van der Waals surface area contributed by atoms with Gasteiger partial charge in [0.2, 0.25) is 0 Å². The monoisotopic (exact) mass is 496 g/mol. The predicted molar refractivity (Wildman–Crippen MR) is 109 cm³/mol. The minimum Gasteiger partial charge on any atom is -1.00 e. The zero-order valence-corrected chi connectivity index (χ0v) is 21.6. The van der Waals surface area contributed by atoms with E-state index in [9.17, 15) is 0 Å². The number of halogens is 2. The smallest absolute Gasteiger partial charge is 1.00 e. The van der Waals surface area contributed by atoms with Crippen molar-refractivity contribution in [2.75, 3.05) is 6.26 Å². The number of rotatable bonds is 2. The van der Waals surface area contributed by atoms with E-state index < -0.39 is 8.80 Å². The zero-order valence-electron chi connectivity index (χ0n) is 15.6. The molecule has 0 fully saturated rings. The van der Waals surface area contributed by atoms with Crippen LogP contribution < -0.4 is 24.8 Å². The molecule has 5 heteroatoms. The van der Waals surface area contributed by atoms with Crippen LogP contribution in [0.15, 0.2) is 75.4 Å². The van der Waals surface area contributed by atoms with Crippen LogP contribution in [0.1, 0.15) is 18.1 Å². The minimum atomic E-state index is -0.674. The molecule has 0 saturated heterocycles. The first-order valence-electron chi connectivity index (χ1n) is 8.24. The molecular formula is C21H24Cl2SSiZr. The summed E-state index contributed by atoms with van der Waals surface area (Å²) >= 11 is 1.89. The van der Waals surface area contributed by atoms with Crippen molar-refractivity contribution in [3.05, 3.63) is 86.5 Å². The molecule has 0 heterocycles. The van der Waals surface area contributed by atoms with Gasteiger partial charge in [-0.2, -0.15) is 0 Å². The van der Waals surface area contributed by atoms with Crippen molar-refractivity contribution in [3.63, 3.8) is 0 Å². The van der Waals surface area contributed by atoms with Gasteiger partial charge in [0, 0.05) is 4.91 Å². The van der Waals surface area contributed by atoms with Crippen molar-refractivity contribution in [1.82, 2.24) is 0 Å². The summed E-state index contributed by atoms with van der Waals surface area (Å²) in [6.45, 7) is 6.99. The molecule has 136 valence electrons. The molecule has 0 radical (unpaired) electrons. The third-order valence-electron chi connectivity index (χ3n) is 4.42. The fourth-order valence-electron chi connectivity index (χ4n) is 3.37. The maximum Gasteiger partial charge on any atom is 2.00 e. The zero-order chi connectivity index (χ0) is 16.4. The first kappa shape index (κ1) is 26.0. The Balaban J connectivity index is 0.000000441. The molecule has 0 bridgehead atoms. The summed E-state index contributed by atoms with van der Waals surface area (Å²) in [6, 6.07) is 8.56. The first-order chi connectivity index (χ1) is 11.1. The molecule has 3 aliphatic rings. The van der Waals surface area contributed by atoms with E-state index in [1.807, 2.05) is 11.8 Å². The van der Waals surface area contributed by atoms with E-state index in [-0.39, 0.29) is 51.0 Å². The molecule has 0 unspecified atom stereocenters. The Kier molecular flexibility index (Phi) is 11.7. The molecule has 0 saturated carbocycles. The molecule has 1 aromatic carbocycles. The Morgan fingerprint density at radius 2 is 1.73 bits per heavy atom. The second kappa shape index (κ2) is 11.7. The summed E-state index contributed by atoms with van der Waals surface area (Å²) in [7, 11) is -0.674. The molecule has 0 aromatic heterocycles. The molecule has 4 rings (SSSR count). The van der Waals surface area contributed by atoms with E-state index in [4.69, 9.17) is 0 Å². The van der Waals surface area contributed by atoms with E-state index in [1.165, 1.54) is 32.8 Å². The fourth-order valence-corrected chi connectivity index (χ4v) is 6.55. The van der Waals surface area contributed by atoms with Gasteiger partial charge in [-0.3, -0.25) is 0 Å². The molecule has 0 aliphatic heterocycles. The van der Waals surface area contributed by atoms with Crippen LogP contribution in [0.2, 0.25) is 13.1 Å². The van der Waals surface area contributed by atoms with Gasteiger partial charge in [-0.05, 0) is 53.1 Å². The predicted octanol–water partition coefficient (Wildman–Crippen LogP) is -0.283. The maximum absolute atomic E-state index is 2.40. The molecule has 1 aromatic rings. The number of benzene rings is 1. The Labute approximate surface area is 195 Å². The Bertz CT molecular complexity index is 789. The van der Waals surface area contributed by atoms with Crippen molar-refractivity contribution >= 4 is 26.6 Å². The Morgan fingerprint density at radius 3 is 2.35 bits per heavy atom. The number of allylic oxidation sites excluding steroid dienone is 8. The van der Waals surface area contributed by atoms with E-state index in [0.717, 1.165) is 6.42 Å². The molecule has 3 aliphatic carbocycles. The maximum atomic E-state index is 2.40. The molecule has 0 amide bonds. The number of hydrogen-bond acceptors (Lipinski definition) is 1. The second-order valence-corrected chi connectivity index (χ2v) is 10.3. The quantitative estimate of drug-likeness (QED) is 0.506. The van der Waals surface area contributed by atoms with Crippen molar-refractivity contribution in [2.24, 2.45) is 0 Å². The summed E-state index contributed by atoms with van der Waals surface area (Å²) in [5.41, 5.74) is 7.28. The SMILES string of the molecule is CC1=Cc2ccccc2C1.CSC1=CC2=CC=CC2=C1[SiH](C)C.[Cl-].[Cl-].[Zr+2]. The van der Waals surface area contributed by atoms with Crippen LogP contribution in [0.5, 0.6) is 0 Å². The van der Waals surface area contributed by atoms with E-state index >= 15 is 0 Å². The second-order valence-electron chi connectivity index (χ2n) is 6.54. The fraction of sp³-hybridized carbons (Fsp3) is 0.238. The van der Waals surface area contributed by atoms with Gasteiger partial charge in [-0.15, -0.1) is 11.8 Å². The average Bonchev–Trinajstić information content (AvgIpc) is 3.18. The van der Waals surface area contributed by atoms with Gasteiger partial charge >= 0.3 is 26.2 Å². The van der Waals surface area contributed by atoms with Gasteiger partial charge in [-0.25, -0.2) is 0 Å². The van der Waals surface area contributed by atoms with Crippen LogP contribution >= 0.6 is 11.8 Å². The van der Waals surface area contributed by atoms with Crippen molar-refractivity contribution in [2.45, 2.75) is 26.4 Å². The van der Waals surface area contributed by atoms with Crippen LogP contribution in [-0.4, -0.2) is 15.1 Å². The molecule has 0 N–H and O–H groups in total. The third-order valence-corrected chi connectivity index (χ3v) is 7.18. The Hall–Kier alpha value is -0.0500. The van der Waals surface area contributed by atoms with E-state index in [2.05, 4.69) is 80.9 Å². The normalized spacial score (nSPS) is 15.5. The van der Waals surface area contributed by atoms with Gasteiger partial charge in [0.25, 0.3) is 0 Å². The summed E-state index contributed by atoms with van der Waals surface area (Å²) in [6.07, 6.45) is 14.6. The third kappa shape index (κ3) is 5.72. The summed E-state index contributed by atoms with van der Waals surface area (Å²) in [5, 5.41) is 1.66. The molecule has 0 nitrogen and oxygen atoms in total. The van der Waals surface area contributed by atoms with Gasteiger partial charge in [-0.1, -0.05) is 67.2 Å². The van der Waals surface area contributed by atoms with Crippen molar-refractivity contribution < 1.29 is 51.0 Å². The van der Waals surface area contributed by atoms with Crippen LogP contribution in [0.3, 0.4) is 0 Å². The largest absolute Gasteiger partial charge is 2.00 e. The van der Waals surface area contributed by atoms with Crippen LogP contribution in [0.25, 0.3) is 6.08 Å². The summed E-state index contributed by atoms with van der Waals surface area (Å²) in [4.78, 5) is 1.51. The number of fused-ring (bicyclic) bond motifs is 2. The van der Waals surface area contributed by atoms with Crippen molar-refractivity contribution in [1.29, 1.82) is 0 Å². The van der Waals surface area contributed by atoms with E-state index in [1.54, 1.807) is 5.20 Å². The first-order valence-corrected chi connectivity index (χ1v) is 12.4. The average molecular weight is 499 g/mol. The van der Waals surface area contributed by atoms with Crippen LogP contribution in [0, 0.1) is 0 Å². The topological polar surface area (TPSA) is 0 Å². The summed E-state index contributed by atoms with van der Waals surface area (Å²) in [5.74, 6) is 0. The van der Waals surface area contributed by atoms with Crippen LogP contribution in [-0.2, 0) is 32.6 Å². The van der Waals surface area contributed by atoms with Gasteiger partial charge in [0.05, 0.1) is 8.80 Å². The number of hydrogen-bond donors (Lipinski definition) is 0. The van der Waals surface area contributed by atoms with Gasteiger partial charge < -0.3 is 24.8 Å². The van der Waals surface area contributed by atoms with Crippen molar-refractivity contribution in [3.8, 4) is 0 Å². The number of thioether (sulfide) groups is 1. The minimum absolute atomic E-state index is 0. The van der Waals surface area contributed by atoms with Gasteiger partial charge in [0.1, 0.15) is 0 Å². The molecule has 0 atom stereocenters.